The van der Waals surface area contributed by atoms with Gasteiger partial charge in [0.2, 0.25) is 0 Å². The third kappa shape index (κ3) is 8.40. The zero-order valence-corrected chi connectivity index (χ0v) is 10.6. The summed E-state index contributed by atoms with van der Waals surface area (Å²) in [5, 5.41) is 17.3. The number of benzene rings is 1. The Balaban J connectivity index is 0. The molecule has 0 unspecified atom stereocenters. The Morgan fingerprint density at radius 2 is 1.60 bits per heavy atom. The molecule has 1 aromatic carbocycles. The fourth-order valence-corrected chi connectivity index (χ4v) is 0.654. The van der Waals surface area contributed by atoms with Gasteiger partial charge < -0.3 is 23.2 Å². The van der Waals surface area contributed by atoms with E-state index in [0.717, 1.165) is 0 Å². The maximum Gasteiger partial charge on any atom is 1.00 e. The molecule has 0 saturated carbocycles. The van der Waals surface area contributed by atoms with E-state index in [4.69, 9.17) is 23.2 Å². The van der Waals surface area contributed by atoms with Gasteiger partial charge in [-0.2, -0.15) is 0 Å². The monoisotopic (exact) mass is 242 g/mol. The third-order valence-corrected chi connectivity index (χ3v) is 1.13. The molecule has 15 heavy (non-hydrogen) atoms. The average molecular weight is 242 g/mol. The summed E-state index contributed by atoms with van der Waals surface area (Å²) in [6, 6.07) is 5.81. The van der Waals surface area contributed by atoms with Crippen LogP contribution in [-0.4, -0.2) is 20.7 Å². The van der Waals surface area contributed by atoms with E-state index in [1.165, 1.54) is 12.1 Å². The van der Waals surface area contributed by atoms with Crippen molar-refractivity contribution in [3.63, 3.8) is 0 Å². The summed E-state index contributed by atoms with van der Waals surface area (Å²) in [6.45, 7) is 0. The van der Waals surface area contributed by atoms with Crippen molar-refractivity contribution in [3.05, 3.63) is 29.8 Å². The molecule has 0 bridgehead atoms. The summed E-state index contributed by atoms with van der Waals surface area (Å²) in [6.07, 6.45) is 0. The molecule has 0 fully saturated rings. The van der Waals surface area contributed by atoms with Crippen LogP contribution in [-0.2, 0) is 19.4 Å². The maximum atomic E-state index is 10.3. The van der Waals surface area contributed by atoms with Crippen LogP contribution in [0.25, 0.3) is 0 Å². The van der Waals surface area contributed by atoms with E-state index in [1.807, 2.05) is 0 Å². The number of hydrogen-bond acceptors (Lipinski definition) is 5. The van der Waals surface area contributed by atoms with Gasteiger partial charge in [-0.05, 0) is 12.1 Å². The van der Waals surface area contributed by atoms with Crippen LogP contribution in [0.1, 0.15) is 10.4 Å². The smallest absolute Gasteiger partial charge is 0.507 e. The van der Waals surface area contributed by atoms with Crippen LogP contribution in [0.15, 0.2) is 24.3 Å². The minimum absolute atomic E-state index is 0. The van der Waals surface area contributed by atoms with Crippen molar-refractivity contribution in [1.29, 1.82) is 0 Å². The second kappa shape index (κ2) is 8.69. The molecule has 78 valence electrons. The SMILES string of the molecule is O=C(O)c1ccccc1O.O=[S-](=O)O.[Na+]. The largest absolute Gasteiger partial charge is 1.00 e. The summed E-state index contributed by atoms with van der Waals surface area (Å²) in [7, 11) is -2.86. The second-order valence-corrected chi connectivity index (χ2v) is 2.47. The standard InChI is InChI=1S/C7H6O3.Na.HO3S/c8-6-4-2-1-3-5(6)7(9)10;;1-4(2)3/h1-4,8H,(H,9,10);;(H,1,2,3)/q;+1;-1. The Morgan fingerprint density at radius 1 is 1.20 bits per heavy atom. The van der Waals surface area contributed by atoms with Gasteiger partial charge in [-0.3, -0.25) is 0 Å². The topological polar surface area (TPSA) is 112 Å². The van der Waals surface area contributed by atoms with E-state index in [2.05, 4.69) is 0 Å². The number of carboxylic acid groups (broad SMARTS) is 1. The molecule has 1 rings (SSSR count). The van der Waals surface area contributed by atoms with Crippen molar-refractivity contribution in [2.24, 2.45) is 0 Å². The predicted octanol–water partition coefficient (Wildman–Crippen LogP) is -2.14. The molecule has 8 heteroatoms. The normalized spacial score (nSPS) is 8.40. The van der Waals surface area contributed by atoms with Crippen LogP contribution >= 0.6 is 0 Å². The zero-order valence-electron chi connectivity index (χ0n) is 7.78. The summed E-state index contributed by atoms with van der Waals surface area (Å²) >= 11 is 0. The van der Waals surface area contributed by atoms with Crippen LogP contribution in [0, 0.1) is 0 Å². The number of aromatic hydroxyl groups is 1. The van der Waals surface area contributed by atoms with Crippen molar-refractivity contribution in [2.45, 2.75) is 0 Å². The Bertz CT molecular complexity index is 381. The molecule has 0 spiro atoms. The summed E-state index contributed by atoms with van der Waals surface area (Å²) in [5.74, 6) is -1.31. The van der Waals surface area contributed by atoms with Gasteiger partial charge in [-0.15, -0.1) is 0 Å². The van der Waals surface area contributed by atoms with Crippen molar-refractivity contribution in [1.82, 2.24) is 0 Å². The first-order chi connectivity index (χ1) is 6.45. The van der Waals surface area contributed by atoms with Crippen LogP contribution in [0.3, 0.4) is 0 Å². The Hall–Kier alpha value is -0.600. The summed E-state index contributed by atoms with van der Waals surface area (Å²) < 4.78 is 24.1. The number of hydrogen-bond donors (Lipinski definition) is 3. The van der Waals surface area contributed by atoms with E-state index < -0.39 is 17.0 Å². The van der Waals surface area contributed by atoms with Crippen LogP contribution in [0.5, 0.6) is 5.75 Å². The average Bonchev–Trinajstić information content (AvgIpc) is 2.03. The molecule has 0 saturated heterocycles. The van der Waals surface area contributed by atoms with Gasteiger partial charge >= 0.3 is 35.5 Å². The van der Waals surface area contributed by atoms with Gasteiger partial charge in [0.05, 0.1) is 0 Å². The summed E-state index contributed by atoms with van der Waals surface area (Å²) in [4.78, 5) is 10.3. The first-order valence-corrected chi connectivity index (χ1v) is 4.28. The third-order valence-electron chi connectivity index (χ3n) is 1.13. The van der Waals surface area contributed by atoms with Gasteiger partial charge in [-0.25, -0.2) is 4.79 Å². The molecular weight excluding hydrogens is 235 g/mol. The fraction of sp³-hybridized carbons (Fsp3) is 0. The number of carboxylic acids is 1. The predicted molar refractivity (Wildman–Crippen MR) is 46.4 cm³/mol. The Morgan fingerprint density at radius 3 is 1.87 bits per heavy atom. The van der Waals surface area contributed by atoms with E-state index in [1.54, 1.807) is 12.1 Å². The number of para-hydroxylation sites is 1. The molecule has 0 aliphatic carbocycles. The number of phenols is 1. The molecule has 0 aliphatic rings. The molecule has 0 atom stereocenters. The molecule has 0 aromatic heterocycles. The van der Waals surface area contributed by atoms with Gasteiger partial charge in [0, 0.05) is 11.0 Å². The Labute approximate surface area is 110 Å². The first kappa shape index (κ1) is 16.8. The quantitative estimate of drug-likeness (QED) is 0.224. The fourth-order valence-electron chi connectivity index (χ4n) is 0.654. The molecule has 0 heterocycles. The zero-order chi connectivity index (χ0) is 11.1. The van der Waals surface area contributed by atoms with E-state index >= 15 is 0 Å². The second-order valence-electron chi connectivity index (χ2n) is 2.04. The first-order valence-electron chi connectivity index (χ1n) is 3.24. The van der Waals surface area contributed by atoms with E-state index in [0.29, 0.717) is 0 Å². The van der Waals surface area contributed by atoms with Crippen molar-refractivity contribution in [3.8, 4) is 5.75 Å². The number of aromatic carboxylic acids is 1. The molecule has 1 aromatic rings. The van der Waals surface area contributed by atoms with Gasteiger partial charge in [-0.1, -0.05) is 12.1 Å². The molecule has 0 amide bonds. The Kier molecular flexibility index (Phi) is 9.74. The van der Waals surface area contributed by atoms with Crippen LogP contribution in [0.2, 0.25) is 0 Å². The van der Waals surface area contributed by atoms with Crippen molar-refractivity contribution < 1.29 is 57.5 Å². The van der Waals surface area contributed by atoms with Crippen LogP contribution in [0.4, 0.5) is 0 Å². The maximum absolute atomic E-state index is 10.3. The van der Waals surface area contributed by atoms with E-state index in [-0.39, 0.29) is 40.9 Å². The van der Waals surface area contributed by atoms with Gasteiger partial charge in [0.1, 0.15) is 11.3 Å². The van der Waals surface area contributed by atoms with E-state index in [9.17, 15) is 4.79 Å². The number of carbonyl (C=O) groups is 1. The molecule has 0 radical (unpaired) electrons. The van der Waals surface area contributed by atoms with Gasteiger partial charge in [0.15, 0.2) is 0 Å². The molecule has 6 nitrogen and oxygen atoms in total. The number of rotatable bonds is 1. The summed E-state index contributed by atoms with van der Waals surface area (Å²) in [5.41, 5.74) is -0.0671. The van der Waals surface area contributed by atoms with Crippen molar-refractivity contribution in [2.75, 3.05) is 0 Å². The minimum Gasteiger partial charge on any atom is -0.507 e. The molecule has 0 aliphatic heterocycles. The molecule has 3 N–H and O–H groups in total. The minimum atomic E-state index is -2.86. The molecular formula is C7H7NaO6S. The van der Waals surface area contributed by atoms with Gasteiger partial charge in [0.25, 0.3) is 0 Å². The van der Waals surface area contributed by atoms with Crippen molar-refractivity contribution >= 4 is 17.0 Å². The van der Waals surface area contributed by atoms with Crippen LogP contribution < -0.4 is 29.6 Å².